The Kier molecular flexibility index (Phi) is 1.48. The van der Waals surface area contributed by atoms with Gasteiger partial charge in [0.05, 0.1) is 6.61 Å². The van der Waals surface area contributed by atoms with Gasteiger partial charge in [0.25, 0.3) is 0 Å². The van der Waals surface area contributed by atoms with E-state index in [1.807, 2.05) is 6.92 Å². The van der Waals surface area contributed by atoms with Crippen LogP contribution in [0, 0.1) is 5.92 Å². The van der Waals surface area contributed by atoms with Crippen molar-refractivity contribution in [3.63, 3.8) is 0 Å². The van der Waals surface area contributed by atoms with Crippen LogP contribution in [0.25, 0.3) is 0 Å². The first-order chi connectivity index (χ1) is 6.81. The third-order valence-electron chi connectivity index (χ3n) is 3.11. The molecule has 1 aromatic rings. The lowest BCUT2D eigenvalue weighted by molar-refractivity contribution is 0.0518. The molecule has 0 radical (unpaired) electrons. The van der Waals surface area contributed by atoms with Crippen LogP contribution in [0.2, 0.25) is 0 Å². The van der Waals surface area contributed by atoms with E-state index in [-0.39, 0.29) is 5.97 Å². The summed E-state index contributed by atoms with van der Waals surface area (Å²) in [6, 6.07) is 0. The number of aromatic amines is 1. The second-order valence-electron chi connectivity index (χ2n) is 3.99. The minimum atomic E-state index is -0.280. The molecular formula is C10H12N2O2. The van der Waals surface area contributed by atoms with Gasteiger partial charge in [-0.05, 0) is 31.6 Å². The van der Waals surface area contributed by atoms with E-state index in [1.165, 1.54) is 6.42 Å². The molecule has 2 atom stereocenters. The highest BCUT2D eigenvalue weighted by atomic mass is 16.5. The molecule has 0 aromatic carbocycles. The molecule has 4 nitrogen and oxygen atoms in total. The van der Waals surface area contributed by atoms with E-state index in [0.717, 1.165) is 23.6 Å². The number of nitrogens with zero attached hydrogens (tertiary/aromatic N) is 1. The van der Waals surface area contributed by atoms with Crippen LogP contribution in [0.15, 0.2) is 0 Å². The number of esters is 1. The van der Waals surface area contributed by atoms with E-state index >= 15 is 0 Å². The van der Waals surface area contributed by atoms with Crippen molar-refractivity contribution < 1.29 is 9.53 Å². The van der Waals surface area contributed by atoms with Gasteiger partial charge < -0.3 is 4.74 Å². The Labute approximate surface area is 81.6 Å². The summed E-state index contributed by atoms with van der Waals surface area (Å²) in [5.74, 6) is 1.08. The maximum absolute atomic E-state index is 11.5. The second kappa shape index (κ2) is 2.59. The molecule has 0 unspecified atom stereocenters. The number of rotatable bonds is 2. The molecule has 2 aliphatic carbocycles. The van der Waals surface area contributed by atoms with Crippen LogP contribution in [-0.4, -0.2) is 22.8 Å². The molecule has 14 heavy (non-hydrogen) atoms. The van der Waals surface area contributed by atoms with Crippen LogP contribution < -0.4 is 0 Å². The quantitative estimate of drug-likeness (QED) is 0.717. The van der Waals surface area contributed by atoms with E-state index < -0.39 is 0 Å². The Bertz CT molecular complexity index is 397. The summed E-state index contributed by atoms with van der Waals surface area (Å²) >= 11 is 0. The fourth-order valence-corrected chi connectivity index (χ4v) is 2.39. The first kappa shape index (κ1) is 8.03. The predicted octanol–water partition coefficient (Wildman–Crippen LogP) is 1.25. The second-order valence-corrected chi connectivity index (χ2v) is 3.99. The number of H-pyrrole nitrogens is 1. The molecule has 0 saturated heterocycles. The highest BCUT2D eigenvalue weighted by Crippen LogP contribution is 2.56. The highest BCUT2D eigenvalue weighted by molar-refractivity contribution is 5.90. The molecule has 0 bridgehead atoms. The van der Waals surface area contributed by atoms with E-state index in [0.29, 0.717) is 18.2 Å². The molecule has 0 amide bonds. The Balaban J connectivity index is 1.95. The average molecular weight is 192 g/mol. The van der Waals surface area contributed by atoms with Crippen molar-refractivity contribution in [2.45, 2.75) is 25.7 Å². The number of fused-ring (bicyclic) bond motifs is 3. The van der Waals surface area contributed by atoms with Crippen molar-refractivity contribution in [1.29, 1.82) is 0 Å². The Morgan fingerprint density at radius 1 is 1.71 bits per heavy atom. The van der Waals surface area contributed by atoms with Crippen LogP contribution in [0.1, 0.15) is 41.0 Å². The molecule has 0 spiro atoms. The van der Waals surface area contributed by atoms with E-state index in [2.05, 4.69) is 10.2 Å². The van der Waals surface area contributed by atoms with Gasteiger partial charge in [0.15, 0.2) is 5.69 Å². The molecule has 74 valence electrons. The summed E-state index contributed by atoms with van der Waals surface area (Å²) in [6.07, 6.45) is 2.28. The lowest BCUT2D eigenvalue weighted by Gasteiger charge is -1.99. The molecule has 3 rings (SSSR count). The van der Waals surface area contributed by atoms with Gasteiger partial charge in [0.2, 0.25) is 0 Å². The molecule has 2 aliphatic rings. The fraction of sp³-hybridized carbons (Fsp3) is 0.600. The zero-order valence-corrected chi connectivity index (χ0v) is 8.04. The monoisotopic (exact) mass is 192 g/mol. The van der Waals surface area contributed by atoms with Gasteiger partial charge in [0, 0.05) is 11.3 Å². The summed E-state index contributed by atoms with van der Waals surface area (Å²) in [6.45, 7) is 2.22. The van der Waals surface area contributed by atoms with Crippen molar-refractivity contribution in [2.75, 3.05) is 6.61 Å². The first-order valence-electron chi connectivity index (χ1n) is 5.05. The SMILES string of the molecule is CCOC(=O)c1n[nH]c2c1[C@H]1C[C@@H]1C2. The fourth-order valence-electron chi connectivity index (χ4n) is 2.39. The third kappa shape index (κ3) is 0.937. The maximum atomic E-state index is 11.5. The summed E-state index contributed by atoms with van der Waals surface area (Å²) in [5, 5.41) is 6.97. The van der Waals surface area contributed by atoms with Gasteiger partial charge in [-0.2, -0.15) is 5.10 Å². The standard InChI is InChI=1S/C10H12N2O2/c1-2-14-10(13)9-8-6-3-5(6)4-7(8)11-12-9/h5-6H,2-4H2,1H3,(H,11,12)/t5-,6+/m1/s1. The van der Waals surface area contributed by atoms with Crippen LogP contribution in [-0.2, 0) is 11.2 Å². The summed E-state index contributed by atoms with van der Waals surface area (Å²) < 4.78 is 4.96. The number of ether oxygens (including phenoxy) is 1. The minimum absolute atomic E-state index is 0.280. The zero-order valence-electron chi connectivity index (χ0n) is 8.04. The Morgan fingerprint density at radius 2 is 2.57 bits per heavy atom. The summed E-state index contributed by atoms with van der Waals surface area (Å²) in [7, 11) is 0. The van der Waals surface area contributed by atoms with Gasteiger partial charge in [-0.1, -0.05) is 0 Å². The van der Waals surface area contributed by atoms with Crippen molar-refractivity contribution >= 4 is 5.97 Å². The van der Waals surface area contributed by atoms with Crippen molar-refractivity contribution in [1.82, 2.24) is 10.2 Å². The van der Waals surface area contributed by atoms with Crippen LogP contribution in [0.3, 0.4) is 0 Å². The predicted molar refractivity (Wildman–Crippen MR) is 49.1 cm³/mol. The molecule has 1 saturated carbocycles. The number of hydrogen-bond acceptors (Lipinski definition) is 3. The van der Waals surface area contributed by atoms with Gasteiger partial charge in [-0.3, -0.25) is 5.10 Å². The smallest absolute Gasteiger partial charge is 0.359 e. The molecule has 1 fully saturated rings. The van der Waals surface area contributed by atoms with Crippen LogP contribution in [0.4, 0.5) is 0 Å². The molecule has 4 heteroatoms. The van der Waals surface area contributed by atoms with Crippen molar-refractivity contribution in [3.05, 3.63) is 17.0 Å². The van der Waals surface area contributed by atoms with Crippen molar-refractivity contribution in [2.24, 2.45) is 5.92 Å². The highest BCUT2D eigenvalue weighted by Gasteiger charge is 2.49. The molecule has 1 aromatic heterocycles. The van der Waals surface area contributed by atoms with Gasteiger partial charge >= 0.3 is 5.97 Å². The van der Waals surface area contributed by atoms with Crippen molar-refractivity contribution in [3.8, 4) is 0 Å². The van der Waals surface area contributed by atoms with E-state index in [9.17, 15) is 4.79 Å². The largest absolute Gasteiger partial charge is 0.461 e. The summed E-state index contributed by atoms with van der Waals surface area (Å²) in [4.78, 5) is 11.5. The number of carbonyl (C=O) groups is 1. The molecular weight excluding hydrogens is 180 g/mol. The summed E-state index contributed by atoms with van der Waals surface area (Å²) in [5.41, 5.74) is 2.80. The maximum Gasteiger partial charge on any atom is 0.359 e. The minimum Gasteiger partial charge on any atom is -0.461 e. The molecule has 1 heterocycles. The third-order valence-corrected chi connectivity index (χ3v) is 3.11. The average Bonchev–Trinajstić information content (AvgIpc) is 2.65. The zero-order chi connectivity index (χ0) is 9.71. The lowest BCUT2D eigenvalue weighted by Crippen LogP contribution is -2.07. The number of carbonyl (C=O) groups excluding carboxylic acids is 1. The van der Waals surface area contributed by atoms with Crippen LogP contribution in [0.5, 0.6) is 0 Å². The van der Waals surface area contributed by atoms with Gasteiger partial charge in [0.1, 0.15) is 0 Å². The number of nitrogens with one attached hydrogen (secondary N) is 1. The van der Waals surface area contributed by atoms with Gasteiger partial charge in [-0.25, -0.2) is 4.79 Å². The molecule has 1 N–H and O–H groups in total. The first-order valence-corrected chi connectivity index (χ1v) is 5.05. The topological polar surface area (TPSA) is 55.0 Å². The number of aromatic nitrogens is 2. The normalized spacial score (nSPS) is 26.9. The van der Waals surface area contributed by atoms with Crippen LogP contribution >= 0.6 is 0 Å². The van der Waals surface area contributed by atoms with E-state index in [1.54, 1.807) is 0 Å². The van der Waals surface area contributed by atoms with Gasteiger partial charge in [-0.15, -0.1) is 0 Å². The Morgan fingerprint density at radius 3 is 3.36 bits per heavy atom. The lowest BCUT2D eigenvalue weighted by atomic mass is 10.1. The molecule has 0 aliphatic heterocycles. The number of hydrogen-bond donors (Lipinski definition) is 1. The van der Waals surface area contributed by atoms with E-state index in [4.69, 9.17) is 4.74 Å². The Hall–Kier alpha value is -1.32.